The lowest BCUT2D eigenvalue weighted by molar-refractivity contribution is -0.118. The minimum atomic E-state index is -0.534. The quantitative estimate of drug-likeness (QED) is 0.707. The summed E-state index contributed by atoms with van der Waals surface area (Å²) in [6.45, 7) is 5.96. The van der Waals surface area contributed by atoms with E-state index >= 15 is 0 Å². The van der Waals surface area contributed by atoms with Gasteiger partial charge in [-0.1, -0.05) is 31.5 Å². The Morgan fingerprint density at radius 2 is 1.78 bits per heavy atom. The second-order valence-corrected chi connectivity index (χ2v) is 6.88. The number of hydrogen-bond donors (Lipinski definition) is 2. The summed E-state index contributed by atoms with van der Waals surface area (Å²) in [6, 6.07) is 12.0. The van der Waals surface area contributed by atoms with Crippen molar-refractivity contribution in [2.75, 3.05) is 23.8 Å². The highest BCUT2D eigenvalue weighted by molar-refractivity contribution is 6.30. The molecule has 0 saturated carbocycles. The molecule has 2 N–H and O–H groups in total. The Hall–Kier alpha value is -2.73. The summed E-state index contributed by atoms with van der Waals surface area (Å²) in [5.41, 5.74) is 1.91. The molecule has 0 unspecified atom stereocenters. The SMILES string of the molecule is Cc1cc(Cl)ccc1OCC(=O)Nc1cccc(NC(=O)OCC(C)C)c1. The fourth-order valence-electron chi connectivity index (χ4n) is 2.19. The number of amides is 2. The Kier molecular flexibility index (Phi) is 7.49. The van der Waals surface area contributed by atoms with E-state index in [1.165, 1.54) is 0 Å². The number of benzene rings is 2. The summed E-state index contributed by atoms with van der Waals surface area (Å²) in [6.07, 6.45) is -0.534. The maximum absolute atomic E-state index is 12.1. The van der Waals surface area contributed by atoms with Crippen LogP contribution in [0.4, 0.5) is 16.2 Å². The van der Waals surface area contributed by atoms with Crippen molar-refractivity contribution in [2.45, 2.75) is 20.8 Å². The maximum Gasteiger partial charge on any atom is 0.411 e. The number of ether oxygens (including phenoxy) is 2. The third-order valence-corrected chi connectivity index (χ3v) is 3.67. The summed E-state index contributed by atoms with van der Waals surface area (Å²) in [5.74, 6) is 0.535. The van der Waals surface area contributed by atoms with Gasteiger partial charge in [0.25, 0.3) is 5.91 Å². The molecular formula is C20H23ClN2O4. The molecule has 0 aliphatic heterocycles. The summed E-state index contributed by atoms with van der Waals surface area (Å²) in [7, 11) is 0. The monoisotopic (exact) mass is 390 g/mol. The molecule has 0 atom stereocenters. The molecule has 2 aromatic carbocycles. The molecule has 0 spiro atoms. The summed E-state index contributed by atoms with van der Waals surface area (Å²) in [4.78, 5) is 23.8. The Morgan fingerprint density at radius 3 is 2.44 bits per heavy atom. The average molecular weight is 391 g/mol. The smallest absolute Gasteiger partial charge is 0.411 e. The number of hydrogen-bond acceptors (Lipinski definition) is 4. The van der Waals surface area contributed by atoms with Crippen molar-refractivity contribution >= 4 is 35.0 Å². The molecule has 0 aliphatic rings. The van der Waals surface area contributed by atoms with Crippen molar-refractivity contribution in [3.8, 4) is 5.75 Å². The second-order valence-electron chi connectivity index (χ2n) is 6.44. The van der Waals surface area contributed by atoms with Gasteiger partial charge in [-0.15, -0.1) is 0 Å². The molecule has 0 bridgehead atoms. The highest BCUT2D eigenvalue weighted by Crippen LogP contribution is 2.22. The zero-order valence-electron chi connectivity index (χ0n) is 15.5. The standard InChI is InChI=1S/C20H23ClN2O4/c1-13(2)11-27-20(25)23-17-6-4-5-16(10-17)22-19(24)12-26-18-8-7-15(21)9-14(18)3/h4-10,13H,11-12H2,1-3H3,(H,22,24)(H,23,25). The number of carbonyl (C=O) groups is 2. The molecule has 0 saturated heterocycles. The number of nitrogens with one attached hydrogen (secondary N) is 2. The van der Waals surface area contributed by atoms with Crippen molar-refractivity contribution in [1.82, 2.24) is 0 Å². The Morgan fingerprint density at radius 1 is 1.07 bits per heavy atom. The van der Waals surface area contributed by atoms with Crippen LogP contribution in [-0.4, -0.2) is 25.2 Å². The first-order chi connectivity index (χ1) is 12.8. The van der Waals surface area contributed by atoms with Crippen molar-refractivity contribution in [1.29, 1.82) is 0 Å². The van der Waals surface area contributed by atoms with Gasteiger partial charge < -0.3 is 14.8 Å². The molecule has 0 heterocycles. The van der Waals surface area contributed by atoms with Gasteiger partial charge in [-0.2, -0.15) is 0 Å². The van der Waals surface area contributed by atoms with Crippen LogP contribution in [0.5, 0.6) is 5.75 Å². The van der Waals surface area contributed by atoms with Crippen LogP contribution in [0.15, 0.2) is 42.5 Å². The van der Waals surface area contributed by atoms with Crippen LogP contribution in [0.1, 0.15) is 19.4 Å². The molecule has 2 aromatic rings. The molecule has 144 valence electrons. The van der Waals surface area contributed by atoms with Gasteiger partial charge in [0.2, 0.25) is 0 Å². The van der Waals surface area contributed by atoms with Gasteiger partial charge in [-0.05, 0) is 54.8 Å². The summed E-state index contributed by atoms with van der Waals surface area (Å²) in [5, 5.41) is 5.96. The third kappa shape index (κ3) is 7.19. The number of carbonyl (C=O) groups excluding carboxylic acids is 2. The van der Waals surface area contributed by atoms with Crippen LogP contribution in [0.2, 0.25) is 5.02 Å². The molecular weight excluding hydrogens is 368 g/mol. The Labute approximate surface area is 163 Å². The van der Waals surface area contributed by atoms with E-state index in [1.807, 2.05) is 20.8 Å². The molecule has 2 amide bonds. The number of aryl methyl sites for hydroxylation is 1. The van der Waals surface area contributed by atoms with Crippen LogP contribution in [0, 0.1) is 12.8 Å². The predicted octanol–water partition coefficient (Wildman–Crippen LogP) is 4.87. The normalized spacial score (nSPS) is 10.4. The number of halogens is 1. The van der Waals surface area contributed by atoms with Crippen molar-refractivity contribution < 1.29 is 19.1 Å². The lowest BCUT2D eigenvalue weighted by Crippen LogP contribution is -2.20. The zero-order chi connectivity index (χ0) is 19.8. The summed E-state index contributed by atoms with van der Waals surface area (Å²) >= 11 is 5.90. The minimum absolute atomic E-state index is 0.142. The van der Waals surface area contributed by atoms with E-state index in [0.717, 1.165) is 5.56 Å². The van der Waals surface area contributed by atoms with Gasteiger partial charge in [0.15, 0.2) is 6.61 Å². The van der Waals surface area contributed by atoms with E-state index in [4.69, 9.17) is 21.1 Å². The van der Waals surface area contributed by atoms with Gasteiger partial charge in [0, 0.05) is 16.4 Å². The van der Waals surface area contributed by atoms with E-state index in [2.05, 4.69) is 10.6 Å². The first-order valence-corrected chi connectivity index (χ1v) is 8.94. The Bertz CT molecular complexity index is 808. The van der Waals surface area contributed by atoms with Crippen molar-refractivity contribution in [3.63, 3.8) is 0 Å². The predicted molar refractivity (Wildman–Crippen MR) is 107 cm³/mol. The van der Waals surface area contributed by atoms with E-state index in [1.54, 1.807) is 42.5 Å². The largest absolute Gasteiger partial charge is 0.483 e. The van der Waals surface area contributed by atoms with Crippen LogP contribution >= 0.6 is 11.6 Å². The molecule has 6 nitrogen and oxygen atoms in total. The van der Waals surface area contributed by atoms with Gasteiger partial charge >= 0.3 is 6.09 Å². The van der Waals surface area contributed by atoms with E-state index < -0.39 is 6.09 Å². The van der Waals surface area contributed by atoms with Crippen LogP contribution in [0.3, 0.4) is 0 Å². The summed E-state index contributed by atoms with van der Waals surface area (Å²) < 4.78 is 10.6. The highest BCUT2D eigenvalue weighted by atomic mass is 35.5. The molecule has 0 aromatic heterocycles. The van der Waals surface area contributed by atoms with E-state index in [9.17, 15) is 9.59 Å². The van der Waals surface area contributed by atoms with Crippen molar-refractivity contribution in [2.24, 2.45) is 5.92 Å². The molecule has 0 aliphatic carbocycles. The second kappa shape index (κ2) is 9.83. The molecule has 2 rings (SSSR count). The van der Waals surface area contributed by atoms with E-state index in [0.29, 0.717) is 28.8 Å². The zero-order valence-corrected chi connectivity index (χ0v) is 16.3. The van der Waals surface area contributed by atoms with Gasteiger partial charge in [-0.25, -0.2) is 4.79 Å². The lowest BCUT2D eigenvalue weighted by Gasteiger charge is -2.11. The maximum atomic E-state index is 12.1. The fourth-order valence-corrected chi connectivity index (χ4v) is 2.41. The number of anilines is 2. The highest BCUT2D eigenvalue weighted by Gasteiger charge is 2.08. The van der Waals surface area contributed by atoms with E-state index in [-0.39, 0.29) is 18.4 Å². The van der Waals surface area contributed by atoms with Crippen LogP contribution in [-0.2, 0) is 9.53 Å². The first-order valence-electron chi connectivity index (χ1n) is 8.56. The third-order valence-electron chi connectivity index (χ3n) is 3.44. The first kappa shape index (κ1) is 20.6. The molecule has 7 heteroatoms. The van der Waals surface area contributed by atoms with Gasteiger partial charge in [0.1, 0.15) is 5.75 Å². The lowest BCUT2D eigenvalue weighted by atomic mass is 10.2. The fraction of sp³-hybridized carbons (Fsp3) is 0.300. The van der Waals surface area contributed by atoms with Crippen molar-refractivity contribution in [3.05, 3.63) is 53.1 Å². The topological polar surface area (TPSA) is 76.7 Å². The number of rotatable bonds is 7. The van der Waals surface area contributed by atoms with Gasteiger partial charge in [-0.3, -0.25) is 10.1 Å². The Balaban J connectivity index is 1.87. The molecule has 27 heavy (non-hydrogen) atoms. The van der Waals surface area contributed by atoms with Gasteiger partial charge in [0.05, 0.1) is 6.61 Å². The molecule has 0 fully saturated rings. The van der Waals surface area contributed by atoms with Crippen LogP contribution in [0.25, 0.3) is 0 Å². The molecule has 0 radical (unpaired) electrons. The minimum Gasteiger partial charge on any atom is -0.483 e. The average Bonchev–Trinajstić information content (AvgIpc) is 2.59. The van der Waals surface area contributed by atoms with Crippen LogP contribution < -0.4 is 15.4 Å².